The van der Waals surface area contributed by atoms with E-state index in [1.807, 2.05) is 6.08 Å². The molecule has 0 radical (unpaired) electrons. The first-order chi connectivity index (χ1) is 36.0. The Hall–Kier alpha value is -1.66. The first-order valence-corrected chi connectivity index (χ1v) is 33.1. The number of amides is 1. The highest BCUT2D eigenvalue weighted by Gasteiger charge is 2.18. The van der Waals surface area contributed by atoms with Crippen molar-refractivity contribution in [2.75, 3.05) is 13.2 Å². The van der Waals surface area contributed by atoms with Crippen LogP contribution in [0.3, 0.4) is 0 Å². The maximum atomic E-state index is 12.5. The number of carbonyl (C=O) groups excluding carboxylic acids is 2. The molecule has 3 N–H and O–H groups in total. The van der Waals surface area contributed by atoms with Crippen molar-refractivity contribution in [3.63, 3.8) is 0 Å². The second-order valence-corrected chi connectivity index (χ2v) is 22.8. The van der Waals surface area contributed by atoms with Crippen LogP contribution in [0.5, 0.6) is 0 Å². The number of unbranched alkanes of at least 4 members (excludes halogenated alkanes) is 49. The van der Waals surface area contributed by atoms with Gasteiger partial charge in [0.2, 0.25) is 5.91 Å². The summed E-state index contributed by atoms with van der Waals surface area (Å²) in [4.78, 5) is 24.5. The lowest BCUT2D eigenvalue weighted by Gasteiger charge is -2.20. The maximum Gasteiger partial charge on any atom is 0.305 e. The highest BCUT2D eigenvalue weighted by Crippen LogP contribution is 2.18. The number of allylic oxidation sites excluding steroid dienone is 3. The molecule has 0 aliphatic carbocycles. The Bertz CT molecular complexity index is 1140. The molecule has 0 aromatic carbocycles. The van der Waals surface area contributed by atoms with Crippen LogP contribution in [0, 0.1) is 0 Å². The third-order valence-corrected chi connectivity index (χ3v) is 15.5. The molecule has 0 aromatic heterocycles. The molecule has 0 aliphatic heterocycles. The Labute approximate surface area is 456 Å². The summed E-state index contributed by atoms with van der Waals surface area (Å²) in [5.41, 5.74) is 0. The molecular weight excluding hydrogens is 899 g/mol. The number of aliphatic hydroxyl groups is 2. The van der Waals surface area contributed by atoms with E-state index in [1.54, 1.807) is 6.08 Å². The number of rotatable bonds is 62. The molecule has 0 bridgehead atoms. The minimum Gasteiger partial charge on any atom is -0.466 e. The van der Waals surface area contributed by atoms with E-state index in [0.29, 0.717) is 19.4 Å². The zero-order chi connectivity index (χ0) is 52.9. The number of aliphatic hydroxyl groups excluding tert-OH is 2. The summed E-state index contributed by atoms with van der Waals surface area (Å²) in [7, 11) is 0. The molecule has 0 saturated heterocycles. The predicted molar refractivity (Wildman–Crippen MR) is 320 cm³/mol. The van der Waals surface area contributed by atoms with Crippen LogP contribution < -0.4 is 5.32 Å². The molecule has 1 amide bonds. The summed E-state index contributed by atoms with van der Waals surface area (Å²) in [6, 6.07) is -0.627. The first-order valence-electron chi connectivity index (χ1n) is 33.1. The molecule has 0 aromatic rings. The highest BCUT2D eigenvalue weighted by molar-refractivity contribution is 5.76. The number of carbonyl (C=O) groups is 2. The average molecular weight is 1030 g/mol. The monoisotopic (exact) mass is 1030 g/mol. The second kappa shape index (κ2) is 62.9. The minimum absolute atomic E-state index is 0.0174. The number of hydrogen-bond acceptors (Lipinski definition) is 5. The lowest BCUT2D eigenvalue weighted by Crippen LogP contribution is -2.45. The Balaban J connectivity index is 3.39. The Kier molecular flexibility index (Phi) is 61.4. The molecule has 0 heterocycles. The van der Waals surface area contributed by atoms with Gasteiger partial charge in [-0.1, -0.05) is 321 Å². The Morgan fingerprint density at radius 1 is 0.370 bits per heavy atom. The van der Waals surface area contributed by atoms with E-state index in [4.69, 9.17) is 4.74 Å². The standard InChI is InChI=1S/C67H129NO5/c1-3-5-7-9-11-13-15-17-32-36-39-43-47-51-55-59-65(70)64(63-69)68-66(71)60-56-52-48-44-40-37-33-30-28-26-24-22-20-18-19-21-23-25-27-29-31-34-38-42-46-50-54-58-62-73-67(72)61-57-53-49-45-41-35-16-14-12-10-8-6-4-2/h18-19,55,59,64-65,69-70H,3-17,20-54,56-58,60-63H2,1-2H3,(H,68,71)/b19-18-,59-55+. The van der Waals surface area contributed by atoms with Gasteiger partial charge in [-0.05, 0) is 57.8 Å². The van der Waals surface area contributed by atoms with Gasteiger partial charge in [-0.3, -0.25) is 9.59 Å². The molecule has 0 saturated carbocycles. The zero-order valence-electron chi connectivity index (χ0n) is 49.4. The summed E-state index contributed by atoms with van der Waals surface area (Å²) in [5, 5.41) is 23.1. The van der Waals surface area contributed by atoms with E-state index in [-0.39, 0.29) is 18.5 Å². The third-order valence-electron chi connectivity index (χ3n) is 15.5. The quantitative estimate of drug-likeness (QED) is 0.0320. The van der Waals surface area contributed by atoms with Crippen molar-refractivity contribution in [3.05, 3.63) is 24.3 Å². The van der Waals surface area contributed by atoms with Crippen LogP contribution in [0.1, 0.15) is 367 Å². The van der Waals surface area contributed by atoms with Crippen LogP contribution in [-0.4, -0.2) is 47.4 Å². The lowest BCUT2D eigenvalue weighted by molar-refractivity contribution is -0.143. The smallest absolute Gasteiger partial charge is 0.305 e. The summed E-state index contributed by atoms with van der Waals surface area (Å²) in [5.74, 6) is -0.0484. The molecular formula is C67H129NO5. The number of esters is 1. The summed E-state index contributed by atoms with van der Waals surface area (Å²) in [6.07, 6.45) is 78.1. The molecule has 0 aliphatic rings. The van der Waals surface area contributed by atoms with Gasteiger partial charge in [0.25, 0.3) is 0 Å². The molecule has 73 heavy (non-hydrogen) atoms. The molecule has 0 fully saturated rings. The molecule has 6 heteroatoms. The second-order valence-electron chi connectivity index (χ2n) is 22.8. The van der Waals surface area contributed by atoms with Gasteiger partial charge in [-0.2, -0.15) is 0 Å². The Morgan fingerprint density at radius 3 is 0.973 bits per heavy atom. The van der Waals surface area contributed by atoms with E-state index in [0.717, 1.165) is 38.5 Å². The number of hydrogen-bond donors (Lipinski definition) is 3. The topological polar surface area (TPSA) is 95.9 Å². The molecule has 6 nitrogen and oxygen atoms in total. The summed E-state index contributed by atoms with van der Waals surface area (Å²) >= 11 is 0. The fourth-order valence-corrected chi connectivity index (χ4v) is 10.4. The normalized spacial score (nSPS) is 12.7. The van der Waals surface area contributed by atoms with Crippen molar-refractivity contribution in [2.24, 2.45) is 0 Å². The van der Waals surface area contributed by atoms with Crippen LogP contribution in [0.2, 0.25) is 0 Å². The van der Waals surface area contributed by atoms with Gasteiger partial charge in [0.15, 0.2) is 0 Å². The third kappa shape index (κ3) is 59.4. The summed E-state index contributed by atoms with van der Waals surface area (Å²) < 4.78 is 5.48. The fraction of sp³-hybridized carbons (Fsp3) is 0.910. The molecule has 0 rings (SSSR count). The molecule has 2 atom stereocenters. The Morgan fingerprint density at radius 2 is 0.644 bits per heavy atom. The van der Waals surface area contributed by atoms with Gasteiger partial charge >= 0.3 is 5.97 Å². The van der Waals surface area contributed by atoms with Gasteiger partial charge in [0, 0.05) is 12.8 Å². The number of ether oxygens (including phenoxy) is 1. The van der Waals surface area contributed by atoms with Gasteiger partial charge in [0.1, 0.15) is 0 Å². The van der Waals surface area contributed by atoms with Crippen molar-refractivity contribution >= 4 is 11.9 Å². The van der Waals surface area contributed by atoms with Crippen molar-refractivity contribution < 1.29 is 24.5 Å². The van der Waals surface area contributed by atoms with Crippen molar-refractivity contribution in [3.8, 4) is 0 Å². The van der Waals surface area contributed by atoms with Gasteiger partial charge in [-0.15, -0.1) is 0 Å². The predicted octanol–water partition coefficient (Wildman–Crippen LogP) is 21.0. The molecule has 432 valence electrons. The van der Waals surface area contributed by atoms with Crippen molar-refractivity contribution in [2.45, 2.75) is 379 Å². The van der Waals surface area contributed by atoms with E-state index < -0.39 is 12.1 Å². The van der Waals surface area contributed by atoms with Gasteiger partial charge in [-0.25, -0.2) is 0 Å². The average Bonchev–Trinajstić information content (AvgIpc) is 3.39. The lowest BCUT2D eigenvalue weighted by atomic mass is 10.0. The van der Waals surface area contributed by atoms with Crippen LogP contribution in [0.4, 0.5) is 0 Å². The highest BCUT2D eigenvalue weighted by atomic mass is 16.5. The summed E-state index contributed by atoms with van der Waals surface area (Å²) in [6.45, 7) is 4.93. The van der Waals surface area contributed by atoms with Gasteiger partial charge in [0.05, 0.1) is 25.4 Å². The minimum atomic E-state index is -0.844. The first kappa shape index (κ1) is 71.3. The fourth-order valence-electron chi connectivity index (χ4n) is 10.4. The maximum absolute atomic E-state index is 12.5. The van der Waals surface area contributed by atoms with Crippen LogP contribution in [0.25, 0.3) is 0 Å². The molecule has 0 spiro atoms. The zero-order valence-corrected chi connectivity index (χ0v) is 49.4. The SMILES string of the molecule is CCCCCCCCCCCCCCC/C=C/C(O)C(CO)NC(=O)CCCCCCCCCCCCCC/C=C\CCCCCCCCCCCCCCOC(=O)CCCCCCCCCCCCCCC. The van der Waals surface area contributed by atoms with E-state index in [9.17, 15) is 19.8 Å². The van der Waals surface area contributed by atoms with Gasteiger partial charge < -0.3 is 20.3 Å². The van der Waals surface area contributed by atoms with Crippen molar-refractivity contribution in [1.82, 2.24) is 5.32 Å². The van der Waals surface area contributed by atoms with E-state index >= 15 is 0 Å². The van der Waals surface area contributed by atoms with Crippen molar-refractivity contribution in [1.29, 1.82) is 0 Å². The van der Waals surface area contributed by atoms with Crippen LogP contribution in [-0.2, 0) is 14.3 Å². The van der Waals surface area contributed by atoms with E-state index in [1.165, 1.54) is 302 Å². The largest absolute Gasteiger partial charge is 0.466 e. The van der Waals surface area contributed by atoms with E-state index in [2.05, 4.69) is 31.3 Å². The van der Waals surface area contributed by atoms with Crippen LogP contribution in [0.15, 0.2) is 24.3 Å². The molecule has 2 unspecified atom stereocenters. The number of nitrogens with one attached hydrogen (secondary N) is 1. The van der Waals surface area contributed by atoms with Crippen LogP contribution >= 0.6 is 0 Å².